The average molecular weight is 192 g/mol. The summed E-state index contributed by atoms with van der Waals surface area (Å²) in [4.78, 5) is 2.24. The van der Waals surface area contributed by atoms with Crippen LogP contribution in [0.4, 0.5) is 5.69 Å². The van der Waals surface area contributed by atoms with Crippen LogP contribution in [0.1, 0.15) is 13.3 Å². The summed E-state index contributed by atoms with van der Waals surface area (Å²) in [5.41, 5.74) is 1.21. The Morgan fingerprint density at radius 3 is 2.43 bits per heavy atom. The fraction of sp³-hybridized carbons (Fsp3) is 0.500. The van der Waals surface area contributed by atoms with Crippen molar-refractivity contribution >= 4 is 5.69 Å². The lowest BCUT2D eigenvalue weighted by Gasteiger charge is -2.19. The third-order valence-corrected chi connectivity index (χ3v) is 2.55. The number of hydrogen-bond donors (Lipinski definition) is 1. The highest BCUT2D eigenvalue weighted by Crippen LogP contribution is 2.06. The van der Waals surface area contributed by atoms with Crippen LogP contribution in [-0.4, -0.2) is 31.6 Å². The molecule has 0 saturated carbocycles. The molecule has 1 atom stereocenters. The predicted molar refractivity (Wildman–Crippen MR) is 62.7 cm³/mol. The van der Waals surface area contributed by atoms with E-state index in [9.17, 15) is 0 Å². The SMILES string of the molecule is CC(CCNc1ccccc1)N(C)C. The third kappa shape index (κ3) is 3.79. The van der Waals surface area contributed by atoms with Crippen LogP contribution in [0.2, 0.25) is 0 Å². The van der Waals surface area contributed by atoms with Crippen molar-refractivity contribution in [1.82, 2.24) is 4.90 Å². The first-order valence-corrected chi connectivity index (χ1v) is 5.15. The predicted octanol–water partition coefficient (Wildman–Crippen LogP) is 2.44. The maximum absolute atomic E-state index is 3.40. The number of nitrogens with one attached hydrogen (secondary N) is 1. The second-order valence-electron chi connectivity index (χ2n) is 3.89. The summed E-state index contributed by atoms with van der Waals surface area (Å²) in [5.74, 6) is 0. The first-order chi connectivity index (χ1) is 6.70. The maximum Gasteiger partial charge on any atom is 0.0340 e. The highest BCUT2D eigenvalue weighted by atomic mass is 15.1. The molecule has 1 unspecified atom stereocenters. The molecule has 1 rings (SSSR count). The molecule has 0 saturated heterocycles. The fourth-order valence-corrected chi connectivity index (χ4v) is 1.24. The van der Waals surface area contributed by atoms with Gasteiger partial charge in [0.05, 0.1) is 0 Å². The van der Waals surface area contributed by atoms with Gasteiger partial charge in [0, 0.05) is 18.3 Å². The molecule has 2 nitrogen and oxygen atoms in total. The van der Waals surface area contributed by atoms with Gasteiger partial charge in [0.2, 0.25) is 0 Å². The zero-order chi connectivity index (χ0) is 10.4. The largest absolute Gasteiger partial charge is 0.385 e. The smallest absolute Gasteiger partial charge is 0.0340 e. The van der Waals surface area contributed by atoms with E-state index in [0.29, 0.717) is 6.04 Å². The Morgan fingerprint density at radius 2 is 1.86 bits per heavy atom. The minimum absolute atomic E-state index is 0.631. The van der Waals surface area contributed by atoms with Crippen molar-refractivity contribution in [2.24, 2.45) is 0 Å². The molecule has 0 aromatic heterocycles. The first kappa shape index (κ1) is 11.1. The van der Waals surface area contributed by atoms with E-state index in [1.165, 1.54) is 12.1 Å². The van der Waals surface area contributed by atoms with Crippen molar-refractivity contribution in [2.45, 2.75) is 19.4 Å². The fourth-order valence-electron chi connectivity index (χ4n) is 1.24. The summed E-state index contributed by atoms with van der Waals surface area (Å²) < 4.78 is 0. The molecule has 0 bridgehead atoms. The molecule has 0 heterocycles. The van der Waals surface area contributed by atoms with Gasteiger partial charge in [0.1, 0.15) is 0 Å². The Balaban J connectivity index is 2.22. The normalized spacial score (nSPS) is 12.9. The second kappa shape index (κ2) is 5.66. The lowest BCUT2D eigenvalue weighted by molar-refractivity contribution is 0.304. The van der Waals surface area contributed by atoms with Crippen molar-refractivity contribution in [3.63, 3.8) is 0 Å². The Bertz CT molecular complexity index is 244. The molecule has 0 amide bonds. The van der Waals surface area contributed by atoms with E-state index >= 15 is 0 Å². The van der Waals surface area contributed by atoms with E-state index in [-0.39, 0.29) is 0 Å². The topological polar surface area (TPSA) is 15.3 Å². The van der Waals surface area contributed by atoms with E-state index in [0.717, 1.165) is 6.54 Å². The zero-order valence-corrected chi connectivity index (χ0v) is 9.33. The molecule has 78 valence electrons. The van der Waals surface area contributed by atoms with Gasteiger partial charge in [-0.15, -0.1) is 0 Å². The Labute approximate surface area is 86.9 Å². The van der Waals surface area contributed by atoms with Crippen molar-refractivity contribution in [3.05, 3.63) is 30.3 Å². The Kier molecular flexibility index (Phi) is 4.47. The lowest BCUT2D eigenvalue weighted by Crippen LogP contribution is -2.26. The van der Waals surface area contributed by atoms with Crippen LogP contribution in [0.25, 0.3) is 0 Å². The number of rotatable bonds is 5. The van der Waals surface area contributed by atoms with Crippen molar-refractivity contribution < 1.29 is 0 Å². The lowest BCUT2D eigenvalue weighted by atomic mass is 10.2. The second-order valence-corrected chi connectivity index (χ2v) is 3.89. The van der Waals surface area contributed by atoms with Gasteiger partial charge in [-0.25, -0.2) is 0 Å². The van der Waals surface area contributed by atoms with Crippen LogP contribution in [-0.2, 0) is 0 Å². The van der Waals surface area contributed by atoms with Gasteiger partial charge >= 0.3 is 0 Å². The number of hydrogen-bond acceptors (Lipinski definition) is 2. The van der Waals surface area contributed by atoms with Gasteiger partial charge in [-0.3, -0.25) is 0 Å². The van der Waals surface area contributed by atoms with E-state index in [4.69, 9.17) is 0 Å². The van der Waals surface area contributed by atoms with Crippen LogP contribution in [0, 0.1) is 0 Å². The summed E-state index contributed by atoms with van der Waals surface area (Å²) in [6, 6.07) is 11.0. The van der Waals surface area contributed by atoms with Gasteiger partial charge < -0.3 is 10.2 Å². The first-order valence-electron chi connectivity index (χ1n) is 5.15. The van der Waals surface area contributed by atoms with Gasteiger partial charge in [0.25, 0.3) is 0 Å². The molecule has 0 aliphatic heterocycles. The molecule has 0 aliphatic carbocycles. The quantitative estimate of drug-likeness (QED) is 0.771. The molecule has 1 aromatic rings. The molecule has 1 N–H and O–H groups in total. The highest BCUT2D eigenvalue weighted by Gasteiger charge is 2.02. The number of benzene rings is 1. The minimum atomic E-state index is 0.631. The van der Waals surface area contributed by atoms with E-state index in [1.807, 2.05) is 6.07 Å². The molecule has 1 aromatic carbocycles. The van der Waals surface area contributed by atoms with Crippen LogP contribution in [0.5, 0.6) is 0 Å². The van der Waals surface area contributed by atoms with Crippen LogP contribution in [0.15, 0.2) is 30.3 Å². The van der Waals surface area contributed by atoms with Crippen LogP contribution >= 0.6 is 0 Å². The molecule has 0 radical (unpaired) electrons. The minimum Gasteiger partial charge on any atom is -0.385 e. The number of anilines is 1. The summed E-state index contributed by atoms with van der Waals surface area (Å²) in [6.45, 7) is 3.27. The molecule has 0 fully saturated rings. The molecule has 14 heavy (non-hydrogen) atoms. The summed E-state index contributed by atoms with van der Waals surface area (Å²) in [6.07, 6.45) is 1.17. The van der Waals surface area contributed by atoms with E-state index in [2.05, 4.69) is 55.5 Å². The summed E-state index contributed by atoms with van der Waals surface area (Å²) >= 11 is 0. The standard InChI is InChI=1S/C12H20N2/c1-11(14(2)3)9-10-13-12-7-5-4-6-8-12/h4-8,11,13H,9-10H2,1-3H3. The highest BCUT2D eigenvalue weighted by molar-refractivity contribution is 5.42. The van der Waals surface area contributed by atoms with E-state index in [1.54, 1.807) is 0 Å². The van der Waals surface area contributed by atoms with Gasteiger partial charge in [-0.2, -0.15) is 0 Å². The van der Waals surface area contributed by atoms with Gasteiger partial charge in [0.15, 0.2) is 0 Å². The molecule has 0 aliphatic rings. The maximum atomic E-state index is 3.40. The molecule has 0 spiro atoms. The van der Waals surface area contributed by atoms with Crippen molar-refractivity contribution in [3.8, 4) is 0 Å². The van der Waals surface area contributed by atoms with Gasteiger partial charge in [-0.1, -0.05) is 18.2 Å². The molecular weight excluding hydrogens is 172 g/mol. The average Bonchev–Trinajstić information content (AvgIpc) is 2.19. The summed E-state index contributed by atoms with van der Waals surface area (Å²) in [7, 11) is 4.24. The zero-order valence-electron chi connectivity index (χ0n) is 9.33. The van der Waals surface area contributed by atoms with Crippen LogP contribution < -0.4 is 5.32 Å². The van der Waals surface area contributed by atoms with E-state index < -0.39 is 0 Å². The number of nitrogens with zero attached hydrogens (tertiary/aromatic N) is 1. The number of para-hydroxylation sites is 1. The molecule has 2 heteroatoms. The van der Waals surface area contributed by atoms with Crippen molar-refractivity contribution in [2.75, 3.05) is 26.0 Å². The molecular formula is C12H20N2. The Morgan fingerprint density at radius 1 is 1.21 bits per heavy atom. The Hall–Kier alpha value is -1.02. The monoisotopic (exact) mass is 192 g/mol. The van der Waals surface area contributed by atoms with Gasteiger partial charge in [-0.05, 0) is 39.6 Å². The third-order valence-electron chi connectivity index (χ3n) is 2.55. The summed E-state index contributed by atoms with van der Waals surface area (Å²) in [5, 5.41) is 3.40. The van der Waals surface area contributed by atoms with Crippen LogP contribution in [0.3, 0.4) is 0 Å². The van der Waals surface area contributed by atoms with Crippen molar-refractivity contribution in [1.29, 1.82) is 0 Å².